The number of primary sulfonamides is 1. The molecular weight excluding hydrogens is 442 g/mol. The first kappa shape index (κ1) is 24.2. The average Bonchev–Trinajstić information content (AvgIpc) is 2.99. The van der Waals surface area contributed by atoms with Gasteiger partial charge in [-0.25, -0.2) is 17.9 Å². The van der Waals surface area contributed by atoms with Gasteiger partial charge in [-0.15, -0.1) is 11.8 Å². The molecule has 7 nitrogen and oxygen atoms in total. The summed E-state index contributed by atoms with van der Waals surface area (Å²) in [4.78, 5) is 12.3. The van der Waals surface area contributed by atoms with Crippen molar-refractivity contribution in [1.29, 1.82) is 0 Å². The van der Waals surface area contributed by atoms with Crippen LogP contribution >= 0.6 is 0 Å². The summed E-state index contributed by atoms with van der Waals surface area (Å²) in [5.74, 6) is 2.67. The van der Waals surface area contributed by atoms with Crippen LogP contribution in [0.1, 0.15) is 35.8 Å². The van der Waals surface area contributed by atoms with Gasteiger partial charge in [0.05, 0.1) is 12.2 Å². The third kappa shape index (κ3) is 5.99. The second-order valence-corrected chi connectivity index (χ2v) is 7.88. The van der Waals surface area contributed by atoms with E-state index in [4.69, 9.17) is 9.88 Å². The van der Waals surface area contributed by atoms with Gasteiger partial charge in [0.2, 0.25) is 10.0 Å². The van der Waals surface area contributed by atoms with Gasteiger partial charge in [0.15, 0.2) is 11.4 Å². The van der Waals surface area contributed by atoms with E-state index in [1.54, 1.807) is 6.92 Å². The van der Waals surface area contributed by atoms with Crippen LogP contribution < -0.4 is 15.2 Å². The lowest BCUT2D eigenvalue weighted by molar-refractivity contribution is -0.139. The predicted octanol–water partition coefficient (Wildman–Crippen LogP) is 3.27. The molecule has 2 rings (SSSR count). The topological polar surface area (TPSA) is 103 Å². The van der Waals surface area contributed by atoms with Crippen LogP contribution in [0.3, 0.4) is 0 Å². The Morgan fingerprint density at radius 3 is 2.58 bits per heavy atom. The van der Waals surface area contributed by atoms with Crippen molar-refractivity contribution in [2.75, 3.05) is 11.9 Å². The minimum atomic E-state index is -4.97. The molecule has 1 amide bonds. The van der Waals surface area contributed by atoms with Gasteiger partial charge in [-0.05, 0) is 31.5 Å². The zero-order valence-corrected chi connectivity index (χ0v) is 17.3. The van der Waals surface area contributed by atoms with Crippen molar-refractivity contribution >= 4 is 21.6 Å². The Hall–Kier alpha value is -3.04. The third-order valence-corrected chi connectivity index (χ3v) is 4.93. The van der Waals surface area contributed by atoms with E-state index in [1.165, 1.54) is 7.05 Å². The van der Waals surface area contributed by atoms with Crippen LogP contribution in [0, 0.1) is 17.7 Å². The minimum absolute atomic E-state index is 0.0102. The van der Waals surface area contributed by atoms with Crippen LogP contribution in [0.15, 0.2) is 29.3 Å². The maximum absolute atomic E-state index is 13.5. The Balaban J connectivity index is 2.39. The molecule has 2 aromatic rings. The number of unbranched alkanes of at least 4 members (excludes halogenated alkanes) is 1. The highest BCUT2D eigenvalue weighted by Crippen LogP contribution is 2.34. The summed E-state index contributed by atoms with van der Waals surface area (Å²) in [6, 6.07) is 1.93. The molecule has 0 bridgehead atoms. The maximum atomic E-state index is 13.5. The molecule has 12 heteroatoms. The summed E-state index contributed by atoms with van der Waals surface area (Å²) in [6.45, 7) is 1.66. The first-order chi connectivity index (χ1) is 14.4. The van der Waals surface area contributed by atoms with E-state index in [1.807, 2.05) is 0 Å². The number of rotatable bonds is 7. The Kier molecular flexibility index (Phi) is 7.35. The smallest absolute Gasteiger partial charge is 0.419 e. The van der Waals surface area contributed by atoms with Crippen LogP contribution in [-0.4, -0.2) is 25.5 Å². The van der Waals surface area contributed by atoms with Gasteiger partial charge in [-0.3, -0.25) is 4.79 Å². The second-order valence-electron chi connectivity index (χ2n) is 6.35. The summed E-state index contributed by atoms with van der Waals surface area (Å²) < 4.78 is 82.6. The zero-order valence-electron chi connectivity index (χ0n) is 16.5. The summed E-state index contributed by atoms with van der Waals surface area (Å²) in [5.41, 5.74) is -2.19. The minimum Gasteiger partial charge on any atom is -0.490 e. The van der Waals surface area contributed by atoms with E-state index in [-0.39, 0.29) is 23.7 Å². The summed E-state index contributed by atoms with van der Waals surface area (Å²) in [7, 11) is -2.93. The standard InChI is InChI=1S/C19H19F4N3O4S/c1-3-4-5-6-9-30-17-15(31(24,28)29)11-26(2)16(17)18(27)25-12-7-8-14(20)13(10-12)19(21,22)23/h7-8,10-11H,5-6,9H2,1-2H3,(H,25,27)(H2,24,28,29). The fraction of sp³-hybridized carbons (Fsp3) is 0.316. The number of aromatic nitrogens is 1. The largest absolute Gasteiger partial charge is 0.490 e. The molecule has 0 spiro atoms. The molecule has 0 radical (unpaired) electrons. The predicted molar refractivity (Wildman–Crippen MR) is 104 cm³/mol. The number of hydrogen-bond donors (Lipinski definition) is 2. The van der Waals surface area contributed by atoms with Crippen molar-refractivity contribution in [3.05, 3.63) is 41.5 Å². The molecule has 0 atom stereocenters. The Bertz CT molecular complexity index is 1150. The van der Waals surface area contributed by atoms with Crippen molar-refractivity contribution in [2.24, 2.45) is 12.2 Å². The molecule has 168 valence electrons. The van der Waals surface area contributed by atoms with E-state index in [0.717, 1.165) is 16.8 Å². The molecule has 1 aromatic carbocycles. The SMILES string of the molecule is CC#CCCCOc1c(S(N)(=O)=O)cn(C)c1C(=O)Nc1ccc(F)c(C(F)(F)F)c1. The highest BCUT2D eigenvalue weighted by atomic mass is 32.2. The van der Waals surface area contributed by atoms with Gasteiger partial charge >= 0.3 is 6.18 Å². The van der Waals surface area contributed by atoms with E-state index in [0.29, 0.717) is 25.0 Å². The highest BCUT2D eigenvalue weighted by molar-refractivity contribution is 7.89. The number of halogens is 4. The Morgan fingerprint density at radius 2 is 2.00 bits per heavy atom. The van der Waals surface area contributed by atoms with Gasteiger partial charge in [0.25, 0.3) is 5.91 Å². The molecule has 1 heterocycles. The number of nitrogens with one attached hydrogen (secondary N) is 1. The Labute approximate surface area is 176 Å². The quantitative estimate of drug-likeness (QED) is 0.375. The van der Waals surface area contributed by atoms with Crippen molar-refractivity contribution in [3.8, 4) is 17.6 Å². The molecule has 31 heavy (non-hydrogen) atoms. The number of ether oxygens (including phenoxy) is 1. The Morgan fingerprint density at radius 1 is 1.32 bits per heavy atom. The van der Waals surface area contributed by atoms with Crippen LogP contribution in [0.2, 0.25) is 0 Å². The molecule has 3 N–H and O–H groups in total. The molecule has 0 saturated heterocycles. The molecule has 0 fully saturated rings. The molecule has 0 unspecified atom stereocenters. The summed E-state index contributed by atoms with van der Waals surface area (Å²) >= 11 is 0. The fourth-order valence-corrected chi connectivity index (χ4v) is 3.37. The first-order valence-corrected chi connectivity index (χ1v) is 10.3. The molecule has 0 aliphatic carbocycles. The van der Waals surface area contributed by atoms with Crippen molar-refractivity contribution in [1.82, 2.24) is 4.57 Å². The van der Waals surface area contributed by atoms with Crippen LogP contribution in [0.4, 0.5) is 23.2 Å². The number of benzene rings is 1. The summed E-state index contributed by atoms with van der Waals surface area (Å²) in [5, 5.41) is 7.38. The van der Waals surface area contributed by atoms with Crippen LogP contribution in [0.25, 0.3) is 0 Å². The number of nitrogens with zero attached hydrogens (tertiary/aromatic N) is 1. The zero-order chi connectivity index (χ0) is 23.4. The number of sulfonamides is 1. The third-order valence-electron chi connectivity index (χ3n) is 4.02. The highest BCUT2D eigenvalue weighted by Gasteiger charge is 2.34. The van der Waals surface area contributed by atoms with E-state index < -0.39 is 38.4 Å². The van der Waals surface area contributed by atoms with Gasteiger partial charge in [0.1, 0.15) is 10.7 Å². The fourth-order valence-electron chi connectivity index (χ4n) is 2.65. The normalized spacial score (nSPS) is 11.6. The summed E-state index contributed by atoms with van der Waals surface area (Å²) in [6.07, 6.45) is -3.03. The number of anilines is 1. The van der Waals surface area contributed by atoms with Crippen molar-refractivity contribution in [2.45, 2.75) is 30.8 Å². The molecule has 0 saturated carbocycles. The number of carbonyl (C=O) groups is 1. The lowest BCUT2D eigenvalue weighted by atomic mass is 10.1. The van der Waals surface area contributed by atoms with E-state index >= 15 is 0 Å². The number of hydrogen-bond acceptors (Lipinski definition) is 4. The number of alkyl halides is 3. The average molecular weight is 461 g/mol. The van der Waals surface area contributed by atoms with Crippen LogP contribution in [0.5, 0.6) is 5.75 Å². The number of carbonyl (C=O) groups excluding carboxylic acids is 1. The molecule has 1 aromatic heterocycles. The van der Waals surface area contributed by atoms with E-state index in [9.17, 15) is 30.8 Å². The number of aryl methyl sites for hydroxylation is 1. The number of amides is 1. The van der Waals surface area contributed by atoms with Gasteiger partial charge < -0.3 is 14.6 Å². The number of nitrogens with two attached hydrogens (primary N) is 1. The first-order valence-electron chi connectivity index (χ1n) is 8.79. The molecular formula is C19H19F4N3O4S. The molecule has 0 aliphatic heterocycles. The van der Waals surface area contributed by atoms with Crippen molar-refractivity contribution in [3.63, 3.8) is 0 Å². The van der Waals surface area contributed by atoms with Crippen LogP contribution in [-0.2, 0) is 23.2 Å². The van der Waals surface area contributed by atoms with Gasteiger partial charge in [0, 0.05) is 25.4 Å². The second kappa shape index (κ2) is 9.40. The van der Waals surface area contributed by atoms with Gasteiger partial charge in [-0.1, -0.05) is 0 Å². The maximum Gasteiger partial charge on any atom is 0.419 e. The van der Waals surface area contributed by atoms with Gasteiger partial charge in [-0.2, -0.15) is 13.2 Å². The van der Waals surface area contributed by atoms with Crippen molar-refractivity contribution < 1.29 is 35.5 Å². The lowest BCUT2D eigenvalue weighted by Crippen LogP contribution is -2.18. The molecule has 0 aliphatic rings. The monoisotopic (exact) mass is 461 g/mol. The van der Waals surface area contributed by atoms with E-state index in [2.05, 4.69) is 17.2 Å². The lowest BCUT2D eigenvalue weighted by Gasteiger charge is -2.13.